The highest BCUT2D eigenvalue weighted by Crippen LogP contribution is 2.38. The minimum atomic E-state index is -0.257. The Morgan fingerprint density at radius 1 is 1.14 bits per heavy atom. The molecule has 3 aliphatic heterocycles. The van der Waals surface area contributed by atoms with Gasteiger partial charge >= 0.3 is 6.03 Å². The number of anilines is 2. The summed E-state index contributed by atoms with van der Waals surface area (Å²) < 4.78 is 14.0. The molecule has 9 heteroatoms. The van der Waals surface area contributed by atoms with E-state index in [0.717, 1.165) is 61.1 Å². The molecule has 7 rings (SSSR count). The number of Topliss-reactive ketones (excluding diaryl/α,β-unsaturated/α-hetero) is 1. The van der Waals surface area contributed by atoms with E-state index in [0.29, 0.717) is 17.0 Å². The topological polar surface area (TPSA) is 97.7 Å². The van der Waals surface area contributed by atoms with E-state index < -0.39 is 0 Å². The number of pyridine rings is 1. The van der Waals surface area contributed by atoms with Crippen LogP contribution in [0.2, 0.25) is 0 Å². The molecule has 2 bridgehead atoms. The third kappa shape index (κ3) is 3.71. The number of urea groups is 1. The summed E-state index contributed by atoms with van der Waals surface area (Å²) in [4.78, 5) is 32.4. The summed E-state index contributed by atoms with van der Waals surface area (Å²) >= 11 is 0. The standard InChI is InChI=1S/C27H27N5O4/c1-31-12-15(24-21(8-9-28-26(24)31)32-13-18-5-6-19(14-32)35-18)10-23-25(33)20-11-17(4-7-22(20)36-23)30-27(34)29-16-2-3-16/h4,7-12,16,18-19H,2-3,5-6,13-14H2,1H3,(H2,29,30,34)/b23-10-. The number of ether oxygens (including phenoxy) is 2. The molecule has 2 N–H and O–H groups in total. The number of allylic oxidation sites excluding steroid dienone is 1. The number of carbonyl (C=O) groups is 2. The van der Waals surface area contributed by atoms with Crippen LogP contribution in [0.15, 0.2) is 42.4 Å². The molecule has 184 valence electrons. The predicted octanol–water partition coefficient (Wildman–Crippen LogP) is 3.84. The zero-order valence-electron chi connectivity index (χ0n) is 20.0. The monoisotopic (exact) mass is 485 g/mol. The number of hydrogen-bond donors (Lipinski definition) is 2. The van der Waals surface area contributed by atoms with Crippen LogP contribution in [0.1, 0.15) is 41.6 Å². The van der Waals surface area contributed by atoms with Crippen molar-refractivity contribution >= 4 is 40.3 Å². The molecule has 1 saturated carbocycles. The maximum absolute atomic E-state index is 13.3. The van der Waals surface area contributed by atoms with E-state index in [9.17, 15) is 9.59 Å². The van der Waals surface area contributed by atoms with Crippen molar-refractivity contribution in [3.8, 4) is 5.75 Å². The van der Waals surface area contributed by atoms with E-state index in [4.69, 9.17) is 9.47 Å². The van der Waals surface area contributed by atoms with Crippen LogP contribution in [0.4, 0.5) is 16.2 Å². The minimum Gasteiger partial charge on any atom is -0.452 e. The van der Waals surface area contributed by atoms with E-state index in [1.165, 1.54) is 0 Å². The molecule has 5 heterocycles. The highest BCUT2D eigenvalue weighted by molar-refractivity contribution is 6.16. The molecule has 2 amide bonds. The number of aromatic nitrogens is 2. The molecule has 0 radical (unpaired) electrons. The van der Waals surface area contributed by atoms with Crippen LogP contribution in [0.3, 0.4) is 0 Å². The summed E-state index contributed by atoms with van der Waals surface area (Å²) in [7, 11) is 1.96. The largest absolute Gasteiger partial charge is 0.452 e. The summed E-state index contributed by atoms with van der Waals surface area (Å²) in [5, 5.41) is 6.69. The van der Waals surface area contributed by atoms with E-state index in [2.05, 4.69) is 20.5 Å². The van der Waals surface area contributed by atoms with Crippen molar-refractivity contribution in [3.05, 3.63) is 53.5 Å². The Bertz CT molecular complexity index is 1430. The van der Waals surface area contributed by atoms with Crippen molar-refractivity contribution < 1.29 is 19.1 Å². The lowest BCUT2D eigenvalue weighted by Crippen LogP contribution is -2.42. The smallest absolute Gasteiger partial charge is 0.319 e. The number of nitrogens with one attached hydrogen (secondary N) is 2. The second-order valence-electron chi connectivity index (χ2n) is 10.1. The molecule has 4 aliphatic rings. The van der Waals surface area contributed by atoms with Gasteiger partial charge < -0.3 is 29.6 Å². The summed E-state index contributed by atoms with van der Waals surface area (Å²) in [6.45, 7) is 1.71. The van der Waals surface area contributed by atoms with Crippen LogP contribution in [0.5, 0.6) is 5.75 Å². The Balaban J connectivity index is 1.20. The predicted molar refractivity (Wildman–Crippen MR) is 135 cm³/mol. The number of nitrogens with zero attached hydrogens (tertiary/aromatic N) is 3. The molecule has 2 atom stereocenters. The number of amides is 2. The Hall–Kier alpha value is -3.85. The number of morpholine rings is 1. The van der Waals surface area contributed by atoms with Crippen LogP contribution < -0.4 is 20.3 Å². The van der Waals surface area contributed by atoms with Crippen molar-refractivity contribution in [1.82, 2.24) is 14.9 Å². The Morgan fingerprint density at radius 2 is 1.94 bits per heavy atom. The number of benzene rings is 1. The van der Waals surface area contributed by atoms with Gasteiger partial charge in [-0.05, 0) is 56.0 Å². The molecular formula is C27H27N5O4. The molecule has 3 fully saturated rings. The number of carbonyl (C=O) groups excluding carboxylic acids is 2. The van der Waals surface area contributed by atoms with Gasteiger partial charge in [0.2, 0.25) is 5.78 Å². The van der Waals surface area contributed by atoms with Gasteiger partial charge in [-0.1, -0.05) is 0 Å². The summed E-state index contributed by atoms with van der Waals surface area (Å²) in [6.07, 6.45) is 10.4. The second kappa shape index (κ2) is 8.09. The summed E-state index contributed by atoms with van der Waals surface area (Å²) in [5.74, 6) is 0.541. The van der Waals surface area contributed by atoms with Crippen molar-refractivity contribution in [3.63, 3.8) is 0 Å². The maximum atomic E-state index is 13.3. The average molecular weight is 486 g/mol. The van der Waals surface area contributed by atoms with E-state index in [1.807, 2.05) is 30.1 Å². The van der Waals surface area contributed by atoms with Crippen LogP contribution in [-0.4, -0.2) is 52.7 Å². The Labute approximate surface area is 208 Å². The highest BCUT2D eigenvalue weighted by atomic mass is 16.5. The van der Waals surface area contributed by atoms with Crippen molar-refractivity contribution in [2.24, 2.45) is 7.05 Å². The van der Waals surface area contributed by atoms with Crippen LogP contribution in [0.25, 0.3) is 17.1 Å². The third-order valence-electron chi connectivity index (χ3n) is 7.37. The maximum Gasteiger partial charge on any atom is 0.319 e. The number of aryl methyl sites for hydroxylation is 1. The van der Waals surface area contributed by atoms with Gasteiger partial charge in [0.05, 0.1) is 23.5 Å². The van der Waals surface area contributed by atoms with Gasteiger partial charge in [-0.25, -0.2) is 9.78 Å². The Morgan fingerprint density at radius 3 is 2.72 bits per heavy atom. The lowest BCUT2D eigenvalue weighted by molar-refractivity contribution is 0.0306. The molecule has 2 aromatic heterocycles. The lowest BCUT2D eigenvalue weighted by Gasteiger charge is -2.34. The van der Waals surface area contributed by atoms with Crippen molar-refractivity contribution in [1.29, 1.82) is 0 Å². The SMILES string of the molecule is Cn1cc(/C=C2\Oc3ccc(NC(=O)NC4CC4)cc3C2=O)c2c(N3CC4CCC(C3)O4)ccnc21. The second-order valence-corrected chi connectivity index (χ2v) is 10.1. The summed E-state index contributed by atoms with van der Waals surface area (Å²) in [6, 6.07) is 7.18. The quantitative estimate of drug-likeness (QED) is 0.545. The van der Waals surface area contributed by atoms with E-state index in [-0.39, 0.29) is 35.8 Å². The molecule has 1 aliphatic carbocycles. The fourth-order valence-corrected chi connectivity index (χ4v) is 5.49. The van der Waals surface area contributed by atoms with Gasteiger partial charge in [-0.3, -0.25) is 4.79 Å². The molecule has 1 aromatic carbocycles. The molecule has 2 saturated heterocycles. The molecule has 0 spiro atoms. The van der Waals surface area contributed by atoms with Crippen molar-refractivity contribution in [2.45, 2.75) is 43.9 Å². The van der Waals surface area contributed by atoms with Gasteiger partial charge in [-0.2, -0.15) is 0 Å². The van der Waals surface area contributed by atoms with Crippen LogP contribution in [-0.2, 0) is 11.8 Å². The molecule has 2 unspecified atom stereocenters. The first-order valence-corrected chi connectivity index (χ1v) is 12.5. The highest BCUT2D eigenvalue weighted by Gasteiger charge is 2.35. The number of hydrogen-bond acceptors (Lipinski definition) is 6. The van der Waals surface area contributed by atoms with Crippen LogP contribution in [0, 0.1) is 0 Å². The van der Waals surface area contributed by atoms with Gasteiger partial charge in [0, 0.05) is 55.2 Å². The molecular weight excluding hydrogens is 458 g/mol. The fourth-order valence-electron chi connectivity index (χ4n) is 5.49. The molecule has 9 nitrogen and oxygen atoms in total. The first-order valence-electron chi connectivity index (χ1n) is 12.5. The van der Waals surface area contributed by atoms with Crippen LogP contribution >= 0.6 is 0 Å². The first-order chi connectivity index (χ1) is 17.5. The normalized spacial score (nSPS) is 23.8. The third-order valence-corrected chi connectivity index (χ3v) is 7.37. The number of fused-ring (bicyclic) bond motifs is 4. The molecule has 36 heavy (non-hydrogen) atoms. The van der Waals surface area contributed by atoms with Gasteiger partial charge in [-0.15, -0.1) is 0 Å². The number of ketones is 1. The zero-order chi connectivity index (χ0) is 24.4. The van der Waals surface area contributed by atoms with E-state index in [1.54, 1.807) is 24.3 Å². The first kappa shape index (κ1) is 21.4. The lowest BCUT2D eigenvalue weighted by atomic mass is 10.1. The van der Waals surface area contributed by atoms with Crippen molar-refractivity contribution in [2.75, 3.05) is 23.3 Å². The molecule has 3 aromatic rings. The average Bonchev–Trinajstić information content (AvgIpc) is 3.44. The summed E-state index contributed by atoms with van der Waals surface area (Å²) in [5.41, 5.74) is 3.84. The van der Waals surface area contributed by atoms with E-state index >= 15 is 0 Å². The number of rotatable bonds is 4. The van der Waals surface area contributed by atoms with Gasteiger partial charge in [0.15, 0.2) is 5.76 Å². The van der Waals surface area contributed by atoms with Gasteiger partial charge in [0.1, 0.15) is 11.4 Å². The Kier molecular flexibility index (Phi) is 4.82. The minimum absolute atomic E-state index is 0.205. The fraction of sp³-hybridized carbons (Fsp3) is 0.370. The van der Waals surface area contributed by atoms with Gasteiger partial charge in [0.25, 0.3) is 0 Å². The zero-order valence-corrected chi connectivity index (χ0v) is 20.0.